The van der Waals surface area contributed by atoms with Gasteiger partial charge in [-0.25, -0.2) is 14.3 Å². The van der Waals surface area contributed by atoms with Crippen LogP contribution in [0.3, 0.4) is 0 Å². The van der Waals surface area contributed by atoms with Crippen LogP contribution in [0.4, 0.5) is 4.79 Å². The zero-order valence-corrected chi connectivity index (χ0v) is 20.1. The lowest BCUT2D eigenvalue weighted by Gasteiger charge is -2.35. The van der Waals surface area contributed by atoms with Gasteiger partial charge >= 0.3 is 6.09 Å². The monoisotopic (exact) mass is 467 g/mol. The number of benzene rings is 1. The summed E-state index contributed by atoms with van der Waals surface area (Å²) >= 11 is 0. The number of hydrogen-bond donors (Lipinski definition) is 0. The van der Waals surface area contributed by atoms with Crippen molar-refractivity contribution in [2.45, 2.75) is 26.4 Å². The summed E-state index contributed by atoms with van der Waals surface area (Å²) < 4.78 is 17.8. The number of aromatic nitrogens is 3. The first kappa shape index (κ1) is 23.3. The second-order valence-electron chi connectivity index (χ2n) is 8.96. The van der Waals surface area contributed by atoms with Gasteiger partial charge in [-0.2, -0.15) is 5.10 Å². The Labute approximate surface area is 198 Å². The summed E-state index contributed by atoms with van der Waals surface area (Å²) in [7, 11) is 3.16. The number of hydrogen-bond acceptors (Lipinski definition) is 7. The smallest absolute Gasteiger partial charge is 0.410 e. The molecule has 3 aromatic rings. The maximum atomic E-state index is 13.2. The molecule has 0 bridgehead atoms. The van der Waals surface area contributed by atoms with E-state index in [0.717, 1.165) is 11.3 Å². The normalized spacial score (nSPS) is 14.3. The van der Waals surface area contributed by atoms with Crippen LogP contribution in [-0.2, 0) is 4.74 Å². The minimum absolute atomic E-state index is 0.201. The van der Waals surface area contributed by atoms with Crippen LogP contribution in [0.5, 0.6) is 11.5 Å². The van der Waals surface area contributed by atoms with Crippen molar-refractivity contribution in [3.05, 3.63) is 42.2 Å². The molecule has 34 heavy (non-hydrogen) atoms. The molecule has 180 valence electrons. The molecule has 2 amide bonds. The van der Waals surface area contributed by atoms with Gasteiger partial charge in [0, 0.05) is 44.0 Å². The Kier molecular flexibility index (Phi) is 6.32. The number of fused-ring (bicyclic) bond motifs is 1. The summed E-state index contributed by atoms with van der Waals surface area (Å²) in [6, 6.07) is 9.07. The Morgan fingerprint density at radius 2 is 1.59 bits per heavy atom. The Balaban J connectivity index is 1.53. The Morgan fingerprint density at radius 3 is 2.24 bits per heavy atom. The first-order chi connectivity index (χ1) is 16.2. The third-order valence-corrected chi connectivity index (χ3v) is 5.47. The summed E-state index contributed by atoms with van der Waals surface area (Å²) in [5, 5.41) is 4.55. The van der Waals surface area contributed by atoms with Crippen LogP contribution < -0.4 is 9.47 Å². The average molecular weight is 468 g/mol. The molecule has 0 aliphatic carbocycles. The predicted octanol–water partition coefficient (Wildman–Crippen LogP) is 3.11. The minimum atomic E-state index is -0.556. The maximum absolute atomic E-state index is 13.2. The van der Waals surface area contributed by atoms with E-state index < -0.39 is 5.60 Å². The molecule has 0 saturated carbocycles. The van der Waals surface area contributed by atoms with E-state index in [9.17, 15) is 9.59 Å². The van der Waals surface area contributed by atoms with Gasteiger partial charge in [-0.05, 0) is 45.0 Å². The Morgan fingerprint density at radius 1 is 0.912 bits per heavy atom. The number of ether oxygens (including phenoxy) is 3. The topological polar surface area (TPSA) is 98.5 Å². The first-order valence-electron chi connectivity index (χ1n) is 11.0. The van der Waals surface area contributed by atoms with Crippen molar-refractivity contribution >= 4 is 17.6 Å². The Bertz CT molecular complexity index is 1210. The van der Waals surface area contributed by atoms with Gasteiger partial charge in [0.15, 0.2) is 22.8 Å². The highest BCUT2D eigenvalue weighted by Gasteiger charge is 2.29. The molecule has 0 radical (unpaired) electrons. The lowest BCUT2D eigenvalue weighted by molar-refractivity contribution is 0.0140. The first-order valence-corrected chi connectivity index (χ1v) is 11.0. The van der Waals surface area contributed by atoms with Crippen molar-refractivity contribution in [1.29, 1.82) is 0 Å². The third kappa shape index (κ3) is 4.75. The van der Waals surface area contributed by atoms with Gasteiger partial charge in [0.25, 0.3) is 5.91 Å². The molecular formula is C24H29N5O5. The highest BCUT2D eigenvalue weighted by molar-refractivity contribution is 5.93. The zero-order valence-electron chi connectivity index (χ0n) is 20.1. The van der Waals surface area contributed by atoms with E-state index >= 15 is 0 Å². The fraction of sp³-hybridized carbons (Fsp3) is 0.417. The fourth-order valence-corrected chi connectivity index (χ4v) is 3.79. The summed E-state index contributed by atoms with van der Waals surface area (Å²) in [6.45, 7) is 7.12. The highest BCUT2D eigenvalue weighted by Crippen LogP contribution is 2.32. The number of piperazine rings is 1. The second kappa shape index (κ2) is 9.20. The van der Waals surface area contributed by atoms with Crippen molar-refractivity contribution in [3.63, 3.8) is 0 Å². The largest absolute Gasteiger partial charge is 0.493 e. The van der Waals surface area contributed by atoms with Gasteiger partial charge in [0.1, 0.15) is 5.60 Å². The molecule has 2 aromatic heterocycles. The maximum Gasteiger partial charge on any atom is 0.410 e. The van der Waals surface area contributed by atoms with E-state index in [0.29, 0.717) is 49.0 Å². The standard InChI is InChI=1S/C24H29N5O5/c1-24(2,3)34-23(31)28-12-10-27(11-13-28)22(30)17-15-21-25-9-8-18(29(21)26-17)16-6-7-19(32-4)20(14-16)33-5/h6-9,14-15H,10-13H2,1-5H3. The molecule has 1 aromatic carbocycles. The van der Waals surface area contributed by atoms with Crippen LogP contribution in [0.1, 0.15) is 31.3 Å². The van der Waals surface area contributed by atoms with E-state index in [1.165, 1.54) is 0 Å². The fourth-order valence-electron chi connectivity index (χ4n) is 3.79. The number of rotatable bonds is 4. The van der Waals surface area contributed by atoms with Gasteiger partial charge in [-0.1, -0.05) is 0 Å². The van der Waals surface area contributed by atoms with E-state index in [2.05, 4.69) is 10.1 Å². The predicted molar refractivity (Wildman–Crippen MR) is 125 cm³/mol. The molecular weight excluding hydrogens is 438 g/mol. The van der Waals surface area contributed by atoms with E-state index in [1.54, 1.807) is 40.8 Å². The highest BCUT2D eigenvalue weighted by atomic mass is 16.6. The van der Waals surface area contributed by atoms with Crippen molar-refractivity contribution in [2.24, 2.45) is 0 Å². The van der Waals surface area contributed by atoms with Crippen molar-refractivity contribution in [3.8, 4) is 22.8 Å². The molecule has 10 nitrogen and oxygen atoms in total. The van der Waals surface area contributed by atoms with Gasteiger partial charge in [0.2, 0.25) is 0 Å². The molecule has 0 unspecified atom stereocenters. The molecule has 1 saturated heterocycles. The summed E-state index contributed by atoms with van der Waals surface area (Å²) in [4.78, 5) is 33.1. The van der Waals surface area contributed by atoms with Crippen molar-refractivity contribution in [1.82, 2.24) is 24.4 Å². The number of methoxy groups -OCH3 is 2. The molecule has 1 aliphatic rings. The van der Waals surface area contributed by atoms with E-state index in [1.807, 2.05) is 45.0 Å². The van der Waals surface area contributed by atoms with E-state index in [4.69, 9.17) is 14.2 Å². The number of nitrogens with zero attached hydrogens (tertiary/aromatic N) is 5. The van der Waals surface area contributed by atoms with Crippen LogP contribution in [-0.4, -0.2) is 82.4 Å². The molecule has 3 heterocycles. The third-order valence-electron chi connectivity index (χ3n) is 5.47. The minimum Gasteiger partial charge on any atom is -0.493 e. The average Bonchev–Trinajstić information content (AvgIpc) is 3.26. The van der Waals surface area contributed by atoms with Gasteiger partial charge in [-0.15, -0.1) is 0 Å². The van der Waals surface area contributed by atoms with Crippen molar-refractivity contribution < 1.29 is 23.8 Å². The van der Waals surface area contributed by atoms with Crippen LogP contribution in [0, 0.1) is 0 Å². The quantitative estimate of drug-likeness (QED) is 0.581. The van der Waals surface area contributed by atoms with Crippen LogP contribution >= 0.6 is 0 Å². The summed E-state index contributed by atoms with van der Waals surface area (Å²) in [5.41, 5.74) is 1.91. The Hall–Kier alpha value is -3.82. The molecule has 0 N–H and O–H groups in total. The van der Waals surface area contributed by atoms with Crippen LogP contribution in [0.25, 0.3) is 16.9 Å². The molecule has 4 rings (SSSR count). The zero-order chi connectivity index (χ0) is 24.5. The molecule has 10 heteroatoms. The van der Waals surface area contributed by atoms with Gasteiger partial charge in [-0.3, -0.25) is 4.79 Å². The molecule has 0 spiro atoms. The van der Waals surface area contributed by atoms with E-state index in [-0.39, 0.29) is 12.0 Å². The second-order valence-corrected chi connectivity index (χ2v) is 8.96. The van der Waals surface area contributed by atoms with Gasteiger partial charge in [0.05, 0.1) is 19.9 Å². The number of carbonyl (C=O) groups excluding carboxylic acids is 2. The summed E-state index contributed by atoms with van der Waals surface area (Å²) in [5.74, 6) is 1.02. The van der Waals surface area contributed by atoms with Crippen LogP contribution in [0.15, 0.2) is 36.5 Å². The van der Waals surface area contributed by atoms with Crippen molar-refractivity contribution in [2.75, 3.05) is 40.4 Å². The molecule has 1 aliphatic heterocycles. The molecule has 0 atom stereocenters. The number of amides is 2. The SMILES string of the molecule is COc1ccc(-c2ccnc3cc(C(=O)N4CCN(C(=O)OC(C)(C)C)CC4)nn23)cc1OC. The van der Waals surface area contributed by atoms with Gasteiger partial charge < -0.3 is 24.0 Å². The van der Waals surface area contributed by atoms with Crippen LogP contribution in [0.2, 0.25) is 0 Å². The molecule has 1 fully saturated rings. The summed E-state index contributed by atoms with van der Waals surface area (Å²) in [6.07, 6.45) is 1.31. The lowest BCUT2D eigenvalue weighted by atomic mass is 10.1. The number of carbonyl (C=O) groups is 2. The lowest BCUT2D eigenvalue weighted by Crippen LogP contribution is -2.51.